The van der Waals surface area contributed by atoms with Crippen LogP contribution in [0.1, 0.15) is 44.1 Å². The smallest absolute Gasteiger partial charge is 0.245 e. The van der Waals surface area contributed by atoms with Crippen LogP contribution in [-0.4, -0.2) is 60.4 Å². The normalized spacial score (nSPS) is 26.7. The Labute approximate surface area is 167 Å². The summed E-state index contributed by atoms with van der Waals surface area (Å²) in [5.41, 5.74) is 1.19. The Morgan fingerprint density at radius 1 is 1.07 bits per heavy atom. The van der Waals surface area contributed by atoms with Crippen LogP contribution in [0.3, 0.4) is 0 Å². The number of rotatable bonds is 5. The van der Waals surface area contributed by atoms with Gasteiger partial charge in [-0.1, -0.05) is 44.2 Å². The van der Waals surface area contributed by atoms with E-state index in [-0.39, 0.29) is 23.9 Å². The van der Waals surface area contributed by atoms with Crippen molar-refractivity contribution in [2.45, 2.75) is 57.2 Å². The van der Waals surface area contributed by atoms with E-state index in [9.17, 15) is 9.59 Å². The summed E-state index contributed by atoms with van der Waals surface area (Å²) in [6.07, 6.45) is 7.01. The molecule has 1 saturated carbocycles. The molecule has 0 aromatic heterocycles. The van der Waals surface area contributed by atoms with Crippen LogP contribution in [0.2, 0.25) is 0 Å². The largest absolute Gasteiger partial charge is 0.497 e. The fourth-order valence-electron chi connectivity index (χ4n) is 4.91. The molecule has 0 unspecified atom stereocenters. The lowest BCUT2D eigenvalue weighted by Crippen LogP contribution is -2.69. The van der Waals surface area contributed by atoms with Crippen molar-refractivity contribution < 1.29 is 14.3 Å². The maximum absolute atomic E-state index is 13.0. The summed E-state index contributed by atoms with van der Waals surface area (Å²) in [7, 11) is 1.66. The highest BCUT2D eigenvalue weighted by molar-refractivity contribution is 5.97. The van der Waals surface area contributed by atoms with E-state index < -0.39 is 0 Å². The van der Waals surface area contributed by atoms with Crippen LogP contribution in [0.4, 0.5) is 0 Å². The number of fused-ring (bicyclic) bond motifs is 1. The maximum atomic E-state index is 13.0. The number of amides is 2. The minimum absolute atomic E-state index is 0.0137. The van der Waals surface area contributed by atoms with E-state index in [1.54, 1.807) is 7.11 Å². The van der Waals surface area contributed by atoms with Gasteiger partial charge in [-0.25, -0.2) is 0 Å². The molecule has 1 aromatic rings. The van der Waals surface area contributed by atoms with E-state index in [1.807, 2.05) is 17.0 Å². The Hall–Kier alpha value is -2.08. The van der Waals surface area contributed by atoms with Gasteiger partial charge in [0.1, 0.15) is 17.8 Å². The van der Waals surface area contributed by atoms with Crippen molar-refractivity contribution in [3.05, 3.63) is 29.8 Å². The second-order valence-corrected chi connectivity index (χ2v) is 8.43. The molecule has 6 nitrogen and oxygen atoms in total. The first-order valence-corrected chi connectivity index (χ1v) is 10.6. The van der Waals surface area contributed by atoms with Gasteiger partial charge in [-0.05, 0) is 30.0 Å². The predicted octanol–water partition coefficient (Wildman–Crippen LogP) is 2.18. The lowest BCUT2D eigenvalue weighted by molar-refractivity contribution is -0.153. The van der Waals surface area contributed by atoms with Gasteiger partial charge in [0.15, 0.2) is 0 Å². The molecule has 2 saturated heterocycles. The fraction of sp³-hybridized carbons (Fsp3) is 0.636. The Balaban J connectivity index is 1.35. The lowest BCUT2D eigenvalue weighted by Gasteiger charge is -2.46. The number of nitrogens with one attached hydrogen (secondary N) is 1. The first kappa shape index (κ1) is 19.2. The van der Waals surface area contributed by atoms with Gasteiger partial charge in [-0.3, -0.25) is 14.5 Å². The number of hydrogen-bond acceptors (Lipinski definition) is 4. The Morgan fingerprint density at radius 2 is 1.82 bits per heavy atom. The average molecular weight is 386 g/mol. The number of methoxy groups -OCH3 is 1. The number of carbonyl (C=O) groups is 2. The molecule has 3 aliphatic rings. The molecule has 1 aliphatic carbocycles. The second kappa shape index (κ2) is 8.52. The molecule has 2 heterocycles. The molecule has 4 rings (SSSR count). The third-order valence-corrected chi connectivity index (χ3v) is 6.52. The Kier molecular flexibility index (Phi) is 5.85. The topological polar surface area (TPSA) is 61.9 Å². The maximum Gasteiger partial charge on any atom is 0.245 e. The van der Waals surface area contributed by atoms with Crippen LogP contribution < -0.4 is 10.1 Å². The van der Waals surface area contributed by atoms with Gasteiger partial charge in [-0.15, -0.1) is 0 Å². The molecule has 6 heteroatoms. The highest BCUT2D eigenvalue weighted by Gasteiger charge is 2.43. The first-order chi connectivity index (χ1) is 13.6. The van der Waals surface area contributed by atoms with E-state index in [1.165, 1.54) is 37.7 Å². The third kappa shape index (κ3) is 4.17. The van der Waals surface area contributed by atoms with Crippen LogP contribution in [0.15, 0.2) is 24.3 Å². The predicted molar refractivity (Wildman–Crippen MR) is 107 cm³/mol. The summed E-state index contributed by atoms with van der Waals surface area (Å²) in [5.74, 6) is 1.56. The van der Waals surface area contributed by atoms with E-state index in [4.69, 9.17) is 4.74 Å². The summed E-state index contributed by atoms with van der Waals surface area (Å²) >= 11 is 0. The molecular weight excluding hydrogens is 354 g/mol. The van der Waals surface area contributed by atoms with Crippen LogP contribution in [0.25, 0.3) is 0 Å². The van der Waals surface area contributed by atoms with Crippen molar-refractivity contribution >= 4 is 11.8 Å². The highest BCUT2D eigenvalue weighted by atomic mass is 16.5. The highest BCUT2D eigenvalue weighted by Crippen LogP contribution is 2.29. The first-order valence-electron chi connectivity index (χ1n) is 10.6. The number of piperazine rings is 2. The molecule has 1 aromatic carbocycles. The van der Waals surface area contributed by atoms with Crippen molar-refractivity contribution in [1.82, 2.24) is 15.1 Å². The number of hydrogen-bond donors (Lipinski definition) is 1. The zero-order valence-corrected chi connectivity index (χ0v) is 16.7. The van der Waals surface area contributed by atoms with E-state index >= 15 is 0 Å². The zero-order valence-electron chi connectivity index (χ0n) is 16.7. The monoisotopic (exact) mass is 385 g/mol. The zero-order chi connectivity index (χ0) is 19.5. The summed E-state index contributed by atoms with van der Waals surface area (Å²) in [4.78, 5) is 29.8. The molecule has 28 heavy (non-hydrogen) atoms. The molecule has 1 N–H and O–H groups in total. The standard InChI is InChI=1S/C22H31N3O3/c1-28-18-9-7-17(8-10-18)14-24-11-12-25-20(15-24)21(26)23-19(22(25)27)13-16-5-3-2-4-6-16/h7-10,16,19-20H,2-6,11-15H2,1H3,(H,23,26)/t19-,20+/m0/s1. The summed E-state index contributed by atoms with van der Waals surface area (Å²) in [6.45, 7) is 2.81. The van der Waals surface area contributed by atoms with Gasteiger partial charge < -0.3 is 15.0 Å². The molecule has 2 atom stereocenters. The number of carbonyl (C=O) groups excluding carboxylic acids is 2. The van der Waals surface area contributed by atoms with E-state index in [2.05, 4.69) is 22.3 Å². The second-order valence-electron chi connectivity index (χ2n) is 8.43. The number of nitrogens with zero attached hydrogens (tertiary/aromatic N) is 2. The van der Waals surface area contributed by atoms with Gasteiger partial charge >= 0.3 is 0 Å². The third-order valence-electron chi connectivity index (χ3n) is 6.52. The van der Waals surface area contributed by atoms with Crippen molar-refractivity contribution in [2.75, 3.05) is 26.7 Å². The summed E-state index contributed by atoms with van der Waals surface area (Å²) in [5, 5.41) is 3.04. The molecule has 0 bridgehead atoms. The number of benzene rings is 1. The minimum Gasteiger partial charge on any atom is -0.497 e. The molecule has 2 amide bonds. The summed E-state index contributed by atoms with van der Waals surface area (Å²) < 4.78 is 5.21. The van der Waals surface area contributed by atoms with Crippen LogP contribution in [0, 0.1) is 5.92 Å². The molecular formula is C22H31N3O3. The van der Waals surface area contributed by atoms with Crippen molar-refractivity contribution in [3.8, 4) is 5.75 Å². The van der Waals surface area contributed by atoms with Crippen molar-refractivity contribution in [1.29, 1.82) is 0 Å². The van der Waals surface area contributed by atoms with Gasteiger partial charge in [0, 0.05) is 26.2 Å². The van der Waals surface area contributed by atoms with Crippen molar-refractivity contribution in [3.63, 3.8) is 0 Å². The Bertz CT molecular complexity index is 699. The Morgan fingerprint density at radius 3 is 2.54 bits per heavy atom. The fourth-order valence-corrected chi connectivity index (χ4v) is 4.91. The van der Waals surface area contributed by atoms with Gasteiger partial charge in [0.05, 0.1) is 7.11 Å². The molecule has 0 radical (unpaired) electrons. The molecule has 2 aliphatic heterocycles. The van der Waals surface area contributed by atoms with E-state index in [0.29, 0.717) is 19.0 Å². The lowest BCUT2D eigenvalue weighted by atomic mass is 9.84. The summed E-state index contributed by atoms with van der Waals surface area (Å²) in [6, 6.07) is 7.34. The quantitative estimate of drug-likeness (QED) is 0.844. The van der Waals surface area contributed by atoms with Gasteiger partial charge in [-0.2, -0.15) is 0 Å². The van der Waals surface area contributed by atoms with Crippen molar-refractivity contribution in [2.24, 2.45) is 5.92 Å². The minimum atomic E-state index is -0.359. The van der Waals surface area contributed by atoms with Crippen LogP contribution in [0.5, 0.6) is 5.75 Å². The average Bonchev–Trinajstić information content (AvgIpc) is 2.73. The molecule has 3 fully saturated rings. The SMILES string of the molecule is COc1ccc(CN2CCN3C(=O)[C@H](CC4CCCCC4)NC(=O)[C@H]3C2)cc1. The number of ether oxygens (including phenoxy) is 1. The molecule has 152 valence electrons. The van der Waals surface area contributed by atoms with E-state index in [0.717, 1.165) is 25.3 Å². The van der Waals surface area contributed by atoms with Gasteiger partial charge in [0.25, 0.3) is 0 Å². The molecule has 0 spiro atoms. The van der Waals surface area contributed by atoms with Crippen LogP contribution in [-0.2, 0) is 16.1 Å². The van der Waals surface area contributed by atoms with Gasteiger partial charge in [0.2, 0.25) is 11.8 Å². The van der Waals surface area contributed by atoms with Crippen LogP contribution >= 0.6 is 0 Å².